The van der Waals surface area contributed by atoms with Gasteiger partial charge in [-0.1, -0.05) is 75.4 Å². The molecule has 0 aliphatic heterocycles. The van der Waals surface area contributed by atoms with E-state index in [-0.39, 0.29) is 0 Å². The Kier molecular flexibility index (Phi) is 6.42. The summed E-state index contributed by atoms with van der Waals surface area (Å²) in [5.74, 6) is 0. The Hall–Kier alpha value is -1.38. The van der Waals surface area contributed by atoms with Crippen molar-refractivity contribution in [3.8, 4) is 0 Å². The van der Waals surface area contributed by atoms with E-state index in [0.717, 1.165) is 19.4 Å². The lowest BCUT2D eigenvalue weighted by atomic mass is 10.0. The van der Waals surface area contributed by atoms with E-state index in [9.17, 15) is 0 Å². The average Bonchev–Trinajstić information content (AvgIpc) is 2.53. The van der Waals surface area contributed by atoms with Gasteiger partial charge < -0.3 is 4.43 Å². The van der Waals surface area contributed by atoms with Gasteiger partial charge in [0, 0.05) is 6.61 Å². The summed E-state index contributed by atoms with van der Waals surface area (Å²) in [5.41, 5.74) is 1.31. The van der Waals surface area contributed by atoms with Gasteiger partial charge in [0.2, 0.25) is 0 Å². The Labute approximate surface area is 148 Å². The Bertz CT molecular complexity index is 674. The van der Waals surface area contributed by atoms with Gasteiger partial charge in [0.15, 0.2) is 8.32 Å². The zero-order valence-electron chi connectivity index (χ0n) is 15.9. The van der Waals surface area contributed by atoms with Gasteiger partial charge in [0.25, 0.3) is 0 Å². The number of rotatable bonds is 7. The van der Waals surface area contributed by atoms with Crippen LogP contribution in [0.1, 0.15) is 45.6 Å². The van der Waals surface area contributed by atoms with Gasteiger partial charge >= 0.3 is 0 Å². The first-order valence-corrected chi connectivity index (χ1v) is 12.0. The van der Waals surface area contributed by atoms with Crippen LogP contribution in [-0.2, 0) is 4.43 Å². The third-order valence-electron chi connectivity index (χ3n) is 5.15. The summed E-state index contributed by atoms with van der Waals surface area (Å²) in [6.07, 6.45) is 8.01. The fourth-order valence-corrected chi connectivity index (χ4v) is 3.60. The standard InChI is InChI=1S/C22H32OSi/c1-22(2,3)24(4,5)23-18-11-7-6-8-13-19-15-12-16-20-14-9-10-17-21(19)20/h8-10,12-17H,6-7,11,18H2,1-5H3/b13-8-. The van der Waals surface area contributed by atoms with E-state index >= 15 is 0 Å². The van der Waals surface area contributed by atoms with Crippen molar-refractivity contribution in [2.75, 3.05) is 6.61 Å². The Morgan fingerprint density at radius 2 is 1.67 bits per heavy atom. The molecule has 0 aliphatic rings. The van der Waals surface area contributed by atoms with Gasteiger partial charge in [0.1, 0.15) is 0 Å². The van der Waals surface area contributed by atoms with Crippen molar-refractivity contribution in [1.82, 2.24) is 0 Å². The van der Waals surface area contributed by atoms with Crippen molar-refractivity contribution in [2.45, 2.75) is 58.2 Å². The first kappa shape index (κ1) is 18.9. The van der Waals surface area contributed by atoms with Gasteiger partial charge in [-0.05, 0) is 53.7 Å². The SMILES string of the molecule is CC(C)(C)[Si](C)(C)OCCCC/C=C\c1cccc2ccccc12. The highest BCUT2D eigenvalue weighted by Crippen LogP contribution is 2.36. The summed E-state index contributed by atoms with van der Waals surface area (Å²) in [6.45, 7) is 12.4. The molecular formula is C22H32OSi. The Balaban J connectivity index is 1.77. The summed E-state index contributed by atoms with van der Waals surface area (Å²) in [4.78, 5) is 0. The third kappa shape index (κ3) is 5.06. The number of hydrogen-bond acceptors (Lipinski definition) is 1. The lowest BCUT2D eigenvalue weighted by molar-refractivity contribution is 0.279. The normalized spacial score (nSPS) is 13.0. The number of hydrogen-bond donors (Lipinski definition) is 0. The molecule has 0 unspecified atom stereocenters. The maximum Gasteiger partial charge on any atom is 0.191 e. The maximum atomic E-state index is 6.23. The highest BCUT2D eigenvalue weighted by molar-refractivity contribution is 6.74. The highest BCUT2D eigenvalue weighted by atomic mass is 28.4. The summed E-state index contributed by atoms with van der Waals surface area (Å²) >= 11 is 0. The van der Waals surface area contributed by atoms with Crippen LogP contribution in [-0.4, -0.2) is 14.9 Å². The second-order valence-corrected chi connectivity index (χ2v) is 12.9. The van der Waals surface area contributed by atoms with E-state index in [2.05, 4.69) is 88.5 Å². The lowest BCUT2D eigenvalue weighted by Gasteiger charge is -2.36. The first-order valence-electron chi connectivity index (χ1n) is 9.09. The molecule has 0 saturated heterocycles. The fourth-order valence-electron chi connectivity index (χ4n) is 2.51. The van der Waals surface area contributed by atoms with Crippen LogP contribution in [0.3, 0.4) is 0 Å². The summed E-state index contributed by atoms with van der Waals surface area (Å²) in [6, 6.07) is 15.1. The van der Waals surface area contributed by atoms with Crippen molar-refractivity contribution < 1.29 is 4.43 Å². The fraction of sp³-hybridized carbons (Fsp3) is 0.455. The second-order valence-electron chi connectivity index (χ2n) is 8.08. The van der Waals surface area contributed by atoms with Crippen LogP contribution >= 0.6 is 0 Å². The molecule has 0 atom stereocenters. The minimum absolute atomic E-state index is 0.307. The smallest absolute Gasteiger partial charge is 0.191 e. The molecule has 0 radical (unpaired) electrons. The van der Waals surface area contributed by atoms with Crippen LogP contribution in [0.2, 0.25) is 18.1 Å². The molecule has 2 aromatic rings. The molecule has 0 saturated carbocycles. The van der Waals surface area contributed by atoms with Crippen molar-refractivity contribution in [2.24, 2.45) is 0 Å². The number of unbranched alkanes of at least 4 members (excludes halogenated alkanes) is 2. The molecule has 2 rings (SSSR count). The molecule has 2 aromatic carbocycles. The van der Waals surface area contributed by atoms with Crippen LogP contribution in [0.5, 0.6) is 0 Å². The minimum atomic E-state index is -1.57. The molecular weight excluding hydrogens is 308 g/mol. The van der Waals surface area contributed by atoms with E-state index in [1.54, 1.807) is 0 Å². The summed E-state index contributed by atoms with van der Waals surface area (Å²) in [5, 5.41) is 2.95. The van der Waals surface area contributed by atoms with Crippen LogP contribution in [0.25, 0.3) is 16.8 Å². The molecule has 130 valence electrons. The molecule has 0 spiro atoms. The molecule has 0 aliphatic carbocycles. The monoisotopic (exact) mass is 340 g/mol. The van der Waals surface area contributed by atoms with Crippen LogP contribution in [0.4, 0.5) is 0 Å². The molecule has 0 amide bonds. The number of allylic oxidation sites excluding steroid dienone is 1. The Morgan fingerprint density at radius 3 is 2.42 bits per heavy atom. The second kappa shape index (κ2) is 8.13. The zero-order valence-corrected chi connectivity index (χ0v) is 16.9. The van der Waals surface area contributed by atoms with Gasteiger partial charge in [-0.15, -0.1) is 0 Å². The van der Waals surface area contributed by atoms with Crippen LogP contribution in [0.15, 0.2) is 48.5 Å². The first-order chi connectivity index (χ1) is 11.3. The summed E-state index contributed by atoms with van der Waals surface area (Å²) < 4.78 is 6.23. The highest BCUT2D eigenvalue weighted by Gasteiger charge is 2.36. The third-order valence-corrected chi connectivity index (χ3v) is 9.69. The molecule has 0 aromatic heterocycles. The molecule has 1 nitrogen and oxygen atoms in total. The van der Waals surface area contributed by atoms with Crippen molar-refractivity contribution >= 4 is 25.2 Å². The van der Waals surface area contributed by atoms with Crippen LogP contribution < -0.4 is 0 Å². The number of benzene rings is 2. The van der Waals surface area contributed by atoms with E-state index in [1.165, 1.54) is 22.8 Å². The molecule has 0 fully saturated rings. The molecule has 0 heterocycles. The largest absolute Gasteiger partial charge is 0.417 e. The average molecular weight is 341 g/mol. The molecule has 2 heteroatoms. The topological polar surface area (TPSA) is 9.23 Å². The van der Waals surface area contributed by atoms with Gasteiger partial charge in [0.05, 0.1) is 0 Å². The molecule has 0 bridgehead atoms. The lowest BCUT2D eigenvalue weighted by Crippen LogP contribution is -2.40. The van der Waals surface area contributed by atoms with E-state index < -0.39 is 8.32 Å². The van der Waals surface area contributed by atoms with Crippen LogP contribution in [0, 0.1) is 0 Å². The Morgan fingerprint density at radius 1 is 0.958 bits per heavy atom. The summed E-state index contributed by atoms with van der Waals surface area (Å²) in [7, 11) is -1.57. The minimum Gasteiger partial charge on any atom is -0.417 e. The molecule has 0 N–H and O–H groups in total. The zero-order chi connectivity index (χ0) is 17.6. The van der Waals surface area contributed by atoms with E-state index in [4.69, 9.17) is 4.43 Å². The van der Waals surface area contributed by atoms with Gasteiger partial charge in [-0.3, -0.25) is 0 Å². The van der Waals surface area contributed by atoms with Crippen molar-refractivity contribution in [1.29, 1.82) is 0 Å². The quantitative estimate of drug-likeness (QED) is 0.388. The maximum absolute atomic E-state index is 6.23. The predicted octanol–water partition coefficient (Wildman–Crippen LogP) is 7.05. The van der Waals surface area contributed by atoms with E-state index in [1.807, 2.05) is 0 Å². The number of fused-ring (bicyclic) bond motifs is 1. The van der Waals surface area contributed by atoms with E-state index in [0.29, 0.717) is 5.04 Å². The van der Waals surface area contributed by atoms with Gasteiger partial charge in [-0.2, -0.15) is 0 Å². The van der Waals surface area contributed by atoms with Crippen molar-refractivity contribution in [3.05, 3.63) is 54.1 Å². The predicted molar refractivity (Wildman–Crippen MR) is 110 cm³/mol. The van der Waals surface area contributed by atoms with Gasteiger partial charge in [-0.25, -0.2) is 0 Å². The molecule has 24 heavy (non-hydrogen) atoms. The van der Waals surface area contributed by atoms with Crippen molar-refractivity contribution in [3.63, 3.8) is 0 Å².